The summed E-state index contributed by atoms with van der Waals surface area (Å²) in [6.45, 7) is 2.72. The Hall–Kier alpha value is -0.0100. The van der Waals surface area contributed by atoms with Crippen LogP contribution in [0.2, 0.25) is 0 Å². The fraction of sp³-hybridized carbons (Fsp3) is 0.600. The Bertz CT molecular complexity index is 64.5. The van der Waals surface area contributed by atoms with E-state index < -0.39 is 0 Å². The molecule has 0 aliphatic carbocycles. The number of hydrogen-bond acceptors (Lipinski definition) is 1. The van der Waals surface area contributed by atoms with Crippen LogP contribution in [0, 0.1) is 0 Å². The van der Waals surface area contributed by atoms with E-state index in [9.17, 15) is 0 Å². The second-order valence-corrected chi connectivity index (χ2v) is 1.94. The monoisotopic (exact) mass is 119 g/mol. The second-order valence-electron chi connectivity index (χ2n) is 1.35. The number of rotatable bonds is 2. The van der Waals surface area contributed by atoms with Crippen LogP contribution in [0.4, 0.5) is 0 Å². The van der Waals surface area contributed by atoms with Crippen LogP contribution in [0.3, 0.4) is 0 Å². The van der Waals surface area contributed by atoms with Gasteiger partial charge in [0.1, 0.15) is 0 Å². The predicted octanol–water partition coefficient (Wildman–Crippen LogP) is 1.35. The average molecular weight is 120 g/mol. The van der Waals surface area contributed by atoms with Gasteiger partial charge in [-0.1, -0.05) is 17.7 Å². The third-order valence-electron chi connectivity index (χ3n) is 0.587. The number of hydrogen-bond donors (Lipinski definition) is 1. The zero-order valence-electron chi connectivity index (χ0n) is 4.66. The summed E-state index contributed by atoms with van der Waals surface area (Å²) in [7, 11) is 1.89. The third-order valence-corrected chi connectivity index (χ3v) is 0.742. The smallest absolute Gasteiger partial charge is 0.0146 e. The van der Waals surface area contributed by atoms with E-state index in [1.165, 1.54) is 0 Å². The van der Waals surface area contributed by atoms with E-state index in [0.717, 1.165) is 11.6 Å². The van der Waals surface area contributed by atoms with Crippen molar-refractivity contribution in [3.63, 3.8) is 0 Å². The van der Waals surface area contributed by atoms with Gasteiger partial charge in [0.2, 0.25) is 0 Å². The minimum Gasteiger partial charge on any atom is -0.316 e. The average Bonchev–Trinajstić information content (AvgIpc) is 1.61. The Morgan fingerprint density at radius 2 is 2.43 bits per heavy atom. The Labute approximate surface area is 49.4 Å². The molecule has 1 nitrogen and oxygen atoms in total. The van der Waals surface area contributed by atoms with Crippen molar-refractivity contribution < 1.29 is 0 Å². The molecule has 0 aliphatic heterocycles. The second kappa shape index (κ2) is 4.16. The van der Waals surface area contributed by atoms with Crippen molar-refractivity contribution >= 4 is 11.6 Å². The fourth-order valence-corrected chi connectivity index (χ4v) is 0.320. The van der Waals surface area contributed by atoms with Gasteiger partial charge in [-0.2, -0.15) is 0 Å². The summed E-state index contributed by atoms with van der Waals surface area (Å²) in [6, 6.07) is 0. The zero-order chi connectivity index (χ0) is 5.70. The Morgan fingerprint density at radius 3 is 2.57 bits per heavy atom. The van der Waals surface area contributed by atoms with Crippen LogP contribution in [0.25, 0.3) is 0 Å². The van der Waals surface area contributed by atoms with Crippen molar-refractivity contribution in [2.24, 2.45) is 0 Å². The summed E-state index contributed by atoms with van der Waals surface area (Å²) < 4.78 is 0. The van der Waals surface area contributed by atoms with Crippen LogP contribution in [-0.4, -0.2) is 13.6 Å². The molecule has 7 heavy (non-hydrogen) atoms. The van der Waals surface area contributed by atoms with E-state index in [2.05, 4.69) is 5.32 Å². The van der Waals surface area contributed by atoms with Gasteiger partial charge in [0.15, 0.2) is 0 Å². The maximum atomic E-state index is 5.48. The molecular weight excluding hydrogens is 110 g/mol. The number of halogens is 1. The minimum absolute atomic E-state index is 0.842. The van der Waals surface area contributed by atoms with E-state index in [0.29, 0.717) is 0 Å². The zero-order valence-corrected chi connectivity index (χ0v) is 5.42. The maximum absolute atomic E-state index is 5.48. The molecule has 0 aromatic rings. The van der Waals surface area contributed by atoms with Crippen LogP contribution in [0.5, 0.6) is 0 Å². The molecule has 0 radical (unpaired) electrons. The van der Waals surface area contributed by atoms with Gasteiger partial charge in [-0.05, 0) is 14.0 Å². The number of allylic oxidation sites excluding steroid dienone is 1. The molecule has 0 saturated carbocycles. The summed E-state index contributed by atoms with van der Waals surface area (Å²) in [5, 5.41) is 3.78. The summed E-state index contributed by atoms with van der Waals surface area (Å²) in [6.07, 6.45) is 1.92. The quantitative estimate of drug-likeness (QED) is 0.579. The summed E-state index contributed by atoms with van der Waals surface area (Å²) in [5.41, 5.74) is 0. The van der Waals surface area contributed by atoms with Crippen molar-refractivity contribution in [2.45, 2.75) is 6.92 Å². The highest BCUT2D eigenvalue weighted by atomic mass is 35.5. The first-order chi connectivity index (χ1) is 3.27. The molecule has 0 aromatic carbocycles. The first-order valence-corrected chi connectivity index (χ1v) is 2.62. The molecule has 0 atom stereocenters. The van der Waals surface area contributed by atoms with Gasteiger partial charge in [0.05, 0.1) is 0 Å². The van der Waals surface area contributed by atoms with Crippen LogP contribution < -0.4 is 5.32 Å². The number of likely N-dealkylation sites (N-methyl/N-ethyl adjacent to an activating group) is 1. The molecule has 0 bridgehead atoms. The lowest BCUT2D eigenvalue weighted by Gasteiger charge is -1.86. The molecule has 0 amide bonds. The van der Waals surface area contributed by atoms with Crippen molar-refractivity contribution in [3.8, 4) is 0 Å². The van der Waals surface area contributed by atoms with Crippen LogP contribution >= 0.6 is 11.6 Å². The van der Waals surface area contributed by atoms with Crippen LogP contribution in [-0.2, 0) is 0 Å². The lowest BCUT2D eigenvalue weighted by atomic mass is 10.5. The minimum atomic E-state index is 0.842. The lowest BCUT2D eigenvalue weighted by molar-refractivity contribution is 0.917. The molecule has 0 aromatic heterocycles. The summed E-state index contributed by atoms with van der Waals surface area (Å²) in [5.74, 6) is 0. The van der Waals surface area contributed by atoms with Crippen molar-refractivity contribution in [3.05, 3.63) is 11.1 Å². The number of nitrogens with one attached hydrogen (secondary N) is 1. The molecule has 42 valence electrons. The fourth-order valence-electron chi connectivity index (χ4n) is 0.243. The molecule has 0 unspecified atom stereocenters. The normalized spacial score (nSPS) is 12.1. The van der Waals surface area contributed by atoms with E-state index in [1.54, 1.807) is 0 Å². The first kappa shape index (κ1) is 6.99. The highest BCUT2D eigenvalue weighted by molar-refractivity contribution is 6.29. The predicted molar refractivity (Wildman–Crippen MR) is 33.5 cm³/mol. The highest BCUT2D eigenvalue weighted by Gasteiger charge is 1.74. The first-order valence-electron chi connectivity index (χ1n) is 2.24. The molecule has 0 saturated heterocycles. The van der Waals surface area contributed by atoms with Gasteiger partial charge >= 0.3 is 0 Å². The van der Waals surface area contributed by atoms with Crippen LogP contribution in [0.1, 0.15) is 6.92 Å². The summed E-state index contributed by atoms with van der Waals surface area (Å²) in [4.78, 5) is 0. The molecule has 2 heteroatoms. The third kappa shape index (κ3) is 5.99. The summed E-state index contributed by atoms with van der Waals surface area (Å²) >= 11 is 5.48. The lowest BCUT2D eigenvalue weighted by Crippen LogP contribution is -2.03. The van der Waals surface area contributed by atoms with E-state index in [4.69, 9.17) is 11.6 Å². The molecule has 0 spiro atoms. The van der Waals surface area contributed by atoms with Gasteiger partial charge in [0, 0.05) is 11.6 Å². The maximum Gasteiger partial charge on any atom is 0.0146 e. The van der Waals surface area contributed by atoms with Gasteiger partial charge in [-0.15, -0.1) is 0 Å². The van der Waals surface area contributed by atoms with Crippen molar-refractivity contribution in [1.29, 1.82) is 0 Å². The molecular formula is C5H10ClN. The molecule has 1 N–H and O–H groups in total. The van der Waals surface area contributed by atoms with Gasteiger partial charge in [-0.3, -0.25) is 0 Å². The van der Waals surface area contributed by atoms with Gasteiger partial charge in [-0.25, -0.2) is 0 Å². The van der Waals surface area contributed by atoms with Gasteiger partial charge < -0.3 is 5.32 Å². The molecule has 0 aliphatic rings. The van der Waals surface area contributed by atoms with Crippen molar-refractivity contribution in [2.75, 3.05) is 13.6 Å². The molecule has 0 fully saturated rings. The van der Waals surface area contributed by atoms with Crippen molar-refractivity contribution in [1.82, 2.24) is 5.32 Å². The Balaban J connectivity index is 3.08. The molecule has 0 heterocycles. The van der Waals surface area contributed by atoms with E-state index in [1.807, 2.05) is 20.0 Å². The highest BCUT2D eigenvalue weighted by Crippen LogP contribution is 1.94. The van der Waals surface area contributed by atoms with Gasteiger partial charge in [0.25, 0.3) is 0 Å². The van der Waals surface area contributed by atoms with E-state index in [-0.39, 0.29) is 0 Å². The Kier molecular flexibility index (Phi) is 4.15. The largest absolute Gasteiger partial charge is 0.316 e. The Morgan fingerprint density at radius 1 is 1.86 bits per heavy atom. The topological polar surface area (TPSA) is 12.0 Å². The molecule has 0 rings (SSSR count). The van der Waals surface area contributed by atoms with E-state index >= 15 is 0 Å². The standard InChI is InChI=1S/C5H10ClN/c1-5(6)3-4-7-2/h3,7H,4H2,1-2H3/b5-3+. The van der Waals surface area contributed by atoms with Crippen LogP contribution in [0.15, 0.2) is 11.1 Å². The SMILES string of the molecule is CNC/C=C(\C)Cl.